The lowest BCUT2D eigenvalue weighted by molar-refractivity contribution is 0.236. The van der Waals surface area contributed by atoms with Gasteiger partial charge in [0, 0.05) is 30.7 Å². The predicted molar refractivity (Wildman–Crippen MR) is 77.6 cm³/mol. The Morgan fingerprint density at radius 1 is 1.26 bits per heavy atom. The number of fused-ring (bicyclic) bond motifs is 1. The molecule has 2 N–H and O–H groups in total. The normalized spacial score (nSPS) is 17.7. The molecule has 3 nitrogen and oxygen atoms in total. The smallest absolute Gasteiger partial charge is 0.0354 e. The number of nitrogen functional groups attached to an aromatic ring is 1. The van der Waals surface area contributed by atoms with Gasteiger partial charge >= 0.3 is 0 Å². The molecule has 0 aliphatic heterocycles. The quantitative estimate of drug-likeness (QED) is 0.855. The molecule has 1 aliphatic carbocycles. The molecule has 1 aromatic carbocycles. The first-order valence-electron chi connectivity index (χ1n) is 6.71. The van der Waals surface area contributed by atoms with Crippen molar-refractivity contribution in [1.29, 1.82) is 0 Å². The van der Waals surface area contributed by atoms with E-state index in [2.05, 4.69) is 41.2 Å². The van der Waals surface area contributed by atoms with Gasteiger partial charge in [0.15, 0.2) is 0 Å². The number of nitrogens with two attached hydrogens (primary N) is 1. The Labute approximate surface area is 114 Å². The molecule has 2 aromatic rings. The van der Waals surface area contributed by atoms with Crippen molar-refractivity contribution >= 4 is 5.69 Å². The Morgan fingerprint density at radius 3 is 2.84 bits per heavy atom. The monoisotopic (exact) mass is 253 g/mol. The van der Waals surface area contributed by atoms with E-state index in [4.69, 9.17) is 5.73 Å². The number of aromatic nitrogens is 1. The molecule has 98 valence electrons. The molecule has 0 radical (unpaired) electrons. The fraction of sp³-hybridized carbons (Fsp3) is 0.312. The highest BCUT2D eigenvalue weighted by Gasteiger charge is 2.25. The molecule has 0 saturated heterocycles. The summed E-state index contributed by atoms with van der Waals surface area (Å²) in [6.45, 7) is 0.955. The molecular weight excluding hydrogens is 234 g/mol. The van der Waals surface area contributed by atoms with Crippen molar-refractivity contribution in [3.8, 4) is 0 Å². The van der Waals surface area contributed by atoms with Gasteiger partial charge in [-0.3, -0.25) is 9.88 Å². The molecule has 19 heavy (non-hydrogen) atoms. The van der Waals surface area contributed by atoms with Crippen LogP contribution in [-0.4, -0.2) is 16.9 Å². The van der Waals surface area contributed by atoms with Crippen molar-refractivity contribution in [1.82, 2.24) is 9.88 Å². The predicted octanol–water partition coefficient (Wildman–Crippen LogP) is 2.78. The molecule has 3 heteroatoms. The first-order chi connectivity index (χ1) is 9.24. The first kappa shape index (κ1) is 12.2. The van der Waals surface area contributed by atoms with Crippen LogP contribution in [0.25, 0.3) is 0 Å². The van der Waals surface area contributed by atoms with Gasteiger partial charge in [0.25, 0.3) is 0 Å². The van der Waals surface area contributed by atoms with E-state index in [1.807, 2.05) is 18.5 Å². The number of benzene rings is 1. The van der Waals surface area contributed by atoms with Crippen molar-refractivity contribution in [2.24, 2.45) is 0 Å². The average Bonchev–Trinajstić information content (AvgIpc) is 2.82. The zero-order valence-corrected chi connectivity index (χ0v) is 11.2. The van der Waals surface area contributed by atoms with E-state index in [0.29, 0.717) is 6.04 Å². The Kier molecular flexibility index (Phi) is 3.22. The van der Waals surface area contributed by atoms with Crippen LogP contribution in [0.2, 0.25) is 0 Å². The summed E-state index contributed by atoms with van der Waals surface area (Å²) in [6, 6.07) is 11.0. The molecule has 1 aromatic heterocycles. The van der Waals surface area contributed by atoms with Gasteiger partial charge in [0.1, 0.15) is 0 Å². The van der Waals surface area contributed by atoms with Crippen LogP contribution in [0, 0.1) is 0 Å². The van der Waals surface area contributed by atoms with Crippen molar-refractivity contribution in [2.45, 2.75) is 25.4 Å². The molecule has 1 atom stereocenters. The molecule has 0 bridgehead atoms. The third kappa shape index (κ3) is 2.47. The molecule has 1 aliphatic rings. The lowest BCUT2D eigenvalue weighted by Gasteiger charge is -2.25. The SMILES string of the molecule is CN(Cc1ccncc1)C1CCc2cc(N)ccc21. The summed E-state index contributed by atoms with van der Waals surface area (Å²) in [5, 5.41) is 0. The van der Waals surface area contributed by atoms with E-state index in [-0.39, 0.29) is 0 Å². The second-order valence-corrected chi connectivity index (χ2v) is 5.28. The second-order valence-electron chi connectivity index (χ2n) is 5.28. The molecule has 1 heterocycles. The van der Waals surface area contributed by atoms with Crippen LogP contribution >= 0.6 is 0 Å². The topological polar surface area (TPSA) is 42.2 Å². The summed E-state index contributed by atoms with van der Waals surface area (Å²) in [5.74, 6) is 0. The first-order valence-corrected chi connectivity index (χ1v) is 6.71. The van der Waals surface area contributed by atoms with E-state index in [9.17, 15) is 0 Å². The van der Waals surface area contributed by atoms with Gasteiger partial charge in [-0.2, -0.15) is 0 Å². The summed E-state index contributed by atoms with van der Waals surface area (Å²) < 4.78 is 0. The highest BCUT2D eigenvalue weighted by atomic mass is 15.1. The molecule has 0 amide bonds. The van der Waals surface area contributed by atoms with Crippen molar-refractivity contribution in [3.05, 3.63) is 59.4 Å². The Balaban J connectivity index is 1.78. The zero-order chi connectivity index (χ0) is 13.2. The van der Waals surface area contributed by atoms with Crippen molar-refractivity contribution < 1.29 is 0 Å². The summed E-state index contributed by atoms with van der Waals surface area (Å²) in [4.78, 5) is 6.48. The maximum Gasteiger partial charge on any atom is 0.0354 e. The van der Waals surface area contributed by atoms with Crippen LogP contribution in [0.5, 0.6) is 0 Å². The largest absolute Gasteiger partial charge is 0.399 e. The van der Waals surface area contributed by atoms with Gasteiger partial charge in [-0.25, -0.2) is 0 Å². The maximum atomic E-state index is 5.86. The van der Waals surface area contributed by atoms with Crippen LogP contribution in [0.15, 0.2) is 42.7 Å². The molecule has 0 saturated carbocycles. The van der Waals surface area contributed by atoms with Crippen LogP contribution in [-0.2, 0) is 13.0 Å². The number of aryl methyl sites for hydroxylation is 1. The lowest BCUT2D eigenvalue weighted by atomic mass is 10.1. The number of hydrogen-bond donors (Lipinski definition) is 1. The summed E-state index contributed by atoms with van der Waals surface area (Å²) in [5.41, 5.74) is 10.9. The zero-order valence-electron chi connectivity index (χ0n) is 11.2. The van der Waals surface area contributed by atoms with E-state index in [0.717, 1.165) is 18.7 Å². The van der Waals surface area contributed by atoms with Crippen LogP contribution in [0.4, 0.5) is 5.69 Å². The summed E-state index contributed by atoms with van der Waals surface area (Å²) in [6.07, 6.45) is 6.02. The minimum absolute atomic E-state index is 0.503. The van der Waals surface area contributed by atoms with Gasteiger partial charge < -0.3 is 5.73 Å². The van der Waals surface area contributed by atoms with E-state index < -0.39 is 0 Å². The number of rotatable bonds is 3. The molecule has 0 fully saturated rings. The van der Waals surface area contributed by atoms with Gasteiger partial charge in [-0.15, -0.1) is 0 Å². The van der Waals surface area contributed by atoms with Crippen molar-refractivity contribution in [2.75, 3.05) is 12.8 Å². The van der Waals surface area contributed by atoms with E-state index in [1.165, 1.54) is 23.1 Å². The average molecular weight is 253 g/mol. The minimum atomic E-state index is 0.503. The Hall–Kier alpha value is -1.87. The molecular formula is C16H19N3. The Morgan fingerprint density at radius 2 is 2.05 bits per heavy atom. The fourth-order valence-corrected chi connectivity index (χ4v) is 2.96. The van der Waals surface area contributed by atoms with Gasteiger partial charge in [-0.1, -0.05) is 6.07 Å². The highest BCUT2D eigenvalue weighted by Crippen LogP contribution is 2.36. The third-order valence-electron chi connectivity index (χ3n) is 3.93. The van der Waals surface area contributed by atoms with Gasteiger partial charge in [0.2, 0.25) is 0 Å². The van der Waals surface area contributed by atoms with Crippen molar-refractivity contribution in [3.63, 3.8) is 0 Å². The fourth-order valence-electron chi connectivity index (χ4n) is 2.96. The van der Waals surface area contributed by atoms with E-state index >= 15 is 0 Å². The number of hydrogen-bond acceptors (Lipinski definition) is 3. The standard InChI is InChI=1S/C16H19N3/c1-19(11-12-6-8-18-9-7-12)16-5-2-13-10-14(17)3-4-15(13)16/h3-4,6-10,16H,2,5,11,17H2,1H3. The third-order valence-corrected chi connectivity index (χ3v) is 3.93. The van der Waals surface area contributed by atoms with Gasteiger partial charge in [-0.05, 0) is 60.8 Å². The van der Waals surface area contributed by atoms with Crippen LogP contribution in [0.3, 0.4) is 0 Å². The molecule has 0 spiro atoms. The summed E-state index contributed by atoms with van der Waals surface area (Å²) in [7, 11) is 2.19. The molecule has 1 unspecified atom stereocenters. The number of nitrogens with zero attached hydrogens (tertiary/aromatic N) is 2. The summed E-state index contributed by atoms with van der Waals surface area (Å²) >= 11 is 0. The number of anilines is 1. The van der Waals surface area contributed by atoms with Gasteiger partial charge in [0.05, 0.1) is 0 Å². The minimum Gasteiger partial charge on any atom is -0.399 e. The maximum absolute atomic E-state index is 5.86. The number of pyridine rings is 1. The molecule has 3 rings (SSSR count). The van der Waals surface area contributed by atoms with Crippen LogP contribution < -0.4 is 5.73 Å². The lowest BCUT2D eigenvalue weighted by Crippen LogP contribution is -2.22. The highest BCUT2D eigenvalue weighted by molar-refractivity contribution is 5.47. The Bertz CT molecular complexity index is 565. The van der Waals surface area contributed by atoms with Crippen LogP contribution in [0.1, 0.15) is 29.2 Å². The van der Waals surface area contributed by atoms with E-state index in [1.54, 1.807) is 0 Å². The second kappa shape index (κ2) is 5.02.